The van der Waals surface area contributed by atoms with Crippen LogP contribution in [0.15, 0.2) is 217 Å². The molecule has 0 saturated carbocycles. The van der Waals surface area contributed by atoms with Crippen molar-refractivity contribution in [2.24, 2.45) is 0 Å². The number of nitrogens with zero attached hydrogens (tertiary/aromatic N) is 4. The third-order valence-electron chi connectivity index (χ3n) is 14.0. The van der Waals surface area contributed by atoms with Crippen LogP contribution in [0.25, 0.3) is 111 Å². The monoisotopic (exact) mass is 844 g/mol. The van der Waals surface area contributed by atoms with E-state index in [4.69, 9.17) is 14.4 Å². The molecule has 1 aliphatic carbocycles. The summed E-state index contributed by atoms with van der Waals surface area (Å²) >= 11 is 0. The van der Waals surface area contributed by atoms with E-state index in [2.05, 4.69) is 215 Å². The number of furan rings is 1. The quantitative estimate of drug-likeness (QED) is 0.161. The summed E-state index contributed by atoms with van der Waals surface area (Å²) in [6.45, 7) is 0. The standard InChI is InChI=1S/C61H40N4O/c1-3-15-38(16-4-1)27-31-45-43-19-7-8-20-44(43)50-35-40(28-32-46(45)50)41-29-33-56-51(36-41)49-23-11-12-24-53(49)64(56)42-30-34-57-52(37-42)58-59(39-17-5-2-6-18-39)62-61(63-60(58)66-57)65-54-25-13-9-21-47(54)48-22-10-14-26-55(48)65/h1-26,28-30,32-37,45H,27,31H2. The van der Waals surface area contributed by atoms with Gasteiger partial charge in [0.1, 0.15) is 5.58 Å². The van der Waals surface area contributed by atoms with Crippen molar-refractivity contribution in [1.82, 2.24) is 19.1 Å². The average molecular weight is 845 g/mol. The van der Waals surface area contributed by atoms with Gasteiger partial charge in [0.15, 0.2) is 0 Å². The van der Waals surface area contributed by atoms with Crippen LogP contribution in [0.2, 0.25) is 0 Å². The number of aryl methyl sites for hydroxylation is 1. The van der Waals surface area contributed by atoms with Gasteiger partial charge in [-0.05, 0) is 106 Å². The SMILES string of the molecule is c1ccc(CCC2c3ccccc3-c3cc(-c4ccc5c(c4)c4ccccc4n5-c4ccc5oc6nc(-n7c8ccccc8c8ccccc87)nc(-c7ccccc7)c6c5c4)ccc32)cc1. The Labute approximate surface area is 380 Å². The van der Waals surface area contributed by atoms with E-state index >= 15 is 0 Å². The number of benzene rings is 9. The van der Waals surface area contributed by atoms with E-state index in [1.807, 2.05) is 6.07 Å². The van der Waals surface area contributed by atoms with Crippen molar-refractivity contribution >= 4 is 65.7 Å². The third-order valence-corrected chi connectivity index (χ3v) is 14.0. The molecule has 0 fully saturated rings. The first-order valence-corrected chi connectivity index (χ1v) is 22.8. The van der Waals surface area contributed by atoms with E-state index in [1.165, 1.54) is 49.7 Å². The summed E-state index contributed by atoms with van der Waals surface area (Å²) in [6.07, 6.45) is 2.14. The Bertz CT molecular complexity index is 4010. The molecule has 14 rings (SSSR count). The fourth-order valence-corrected chi connectivity index (χ4v) is 11.0. The highest BCUT2D eigenvalue weighted by atomic mass is 16.3. The van der Waals surface area contributed by atoms with Crippen molar-refractivity contribution in [3.63, 3.8) is 0 Å². The third kappa shape index (κ3) is 5.60. The van der Waals surface area contributed by atoms with Crippen molar-refractivity contribution in [3.8, 4) is 45.1 Å². The lowest BCUT2D eigenvalue weighted by molar-refractivity contribution is 0.651. The van der Waals surface area contributed by atoms with Crippen LogP contribution in [-0.2, 0) is 6.42 Å². The minimum absolute atomic E-state index is 0.382. The molecule has 1 unspecified atom stereocenters. The second kappa shape index (κ2) is 14.5. The smallest absolute Gasteiger partial charge is 0.238 e. The summed E-state index contributed by atoms with van der Waals surface area (Å²) in [4.78, 5) is 10.6. The zero-order valence-electron chi connectivity index (χ0n) is 35.9. The van der Waals surface area contributed by atoms with Gasteiger partial charge in [0.2, 0.25) is 11.7 Å². The van der Waals surface area contributed by atoms with Gasteiger partial charge in [0.25, 0.3) is 0 Å². The van der Waals surface area contributed by atoms with Gasteiger partial charge in [0.05, 0.1) is 33.1 Å². The molecule has 310 valence electrons. The maximum atomic E-state index is 6.71. The van der Waals surface area contributed by atoms with Gasteiger partial charge >= 0.3 is 0 Å². The largest absolute Gasteiger partial charge is 0.437 e. The molecule has 66 heavy (non-hydrogen) atoms. The van der Waals surface area contributed by atoms with Crippen LogP contribution < -0.4 is 0 Å². The predicted octanol–water partition coefficient (Wildman–Crippen LogP) is 15.6. The fourth-order valence-electron chi connectivity index (χ4n) is 11.0. The fraction of sp³-hybridized carbons (Fsp3) is 0.0492. The maximum Gasteiger partial charge on any atom is 0.238 e. The highest BCUT2D eigenvalue weighted by molar-refractivity contribution is 6.14. The molecule has 13 aromatic rings. The molecule has 1 atom stereocenters. The highest BCUT2D eigenvalue weighted by Gasteiger charge is 2.29. The summed E-state index contributed by atoms with van der Waals surface area (Å²) in [5, 5.41) is 6.61. The Morgan fingerprint density at radius 2 is 1.03 bits per heavy atom. The number of aromatic nitrogens is 4. The normalized spacial score (nSPS) is 13.4. The Balaban J connectivity index is 0.906. The summed E-state index contributed by atoms with van der Waals surface area (Å²) in [7, 11) is 0. The number of hydrogen-bond acceptors (Lipinski definition) is 3. The Kier molecular flexibility index (Phi) is 8.10. The maximum absolute atomic E-state index is 6.71. The number of rotatable bonds is 7. The van der Waals surface area contributed by atoms with Gasteiger partial charge in [-0.15, -0.1) is 0 Å². The zero-order chi connectivity index (χ0) is 43.3. The lowest BCUT2D eigenvalue weighted by Gasteiger charge is -2.14. The van der Waals surface area contributed by atoms with Crippen molar-refractivity contribution in [1.29, 1.82) is 0 Å². The molecular formula is C61H40N4O. The van der Waals surface area contributed by atoms with E-state index < -0.39 is 0 Å². The Morgan fingerprint density at radius 3 is 1.80 bits per heavy atom. The molecule has 4 heterocycles. The molecule has 4 aromatic heterocycles. The van der Waals surface area contributed by atoms with Crippen molar-refractivity contribution in [3.05, 3.63) is 229 Å². The van der Waals surface area contributed by atoms with Crippen molar-refractivity contribution in [2.75, 3.05) is 0 Å². The molecule has 5 heteroatoms. The lowest BCUT2D eigenvalue weighted by atomic mass is 9.90. The highest BCUT2D eigenvalue weighted by Crippen LogP contribution is 2.48. The van der Waals surface area contributed by atoms with Gasteiger partial charge in [-0.2, -0.15) is 4.98 Å². The Hall–Kier alpha value is -8.54. The van der Waals surface area contributed by atoms with Gasteiger partial charge in [-0.25, -0.2) is 4.98 Å². The van der Waals surface area contributed by atoms with Gasteiger partial charge in [-0.3, -0.25) is 4.57 Å². The molecule has 0 radical (unpaired) electrons. The molecule has 0 spiro atoms. The Morgan fingerprint density at radius 1 is 0.424 bits per heavy atom. The lowest BCUT2D eigenvalue weighted by Crippen LogP contribution is -2.02. The first kappa shape index (κ1) is 36.9. The summed E-state index contributed by atoms with van der Waals surface area (Å²) in [5.41, 5.74) is 18.0. The predicted molar refractivity (Wildman–Crippen MR) is 271 cm³/mol. The van der Waals surface area contributed by atoms with Crippen LogP contribution in [0.5, 0.6) is 0 Å². The number of para-hydroxylation sites is 3. The first-order chi connectivity index (χ1) is 32.7. The summed E-state index contributed by atoms with van der Waals surface area (Å²) in [5.74, 6) is 0.958. The topological polar surface area (TPSA) is 48.8 Å². The molecule has 0 N–H and O–H groups in total. The molecule has 0 aliphatic heterocycles. The summed E-state index contributed by atoms with van der Waals surface area (Å²) < 4.78 is 11.3. The second-order valence-electron chi connectivity index (χ2n) is 17.6. The molecule has 0 bridgehead atoms. The van der Waals surface area contributed by atoms with E-state index in [0.717, 1.165) is 79.0 Å². The minimum Gasteiger partial charge on any atom is -0.437 e. The average Bonchev–Trinajstić information content (AvgIpc) is 4.12. The van der Waals surface area contributed by atoms with Crippen LogP contribution in [0.3, 0.4) is 0 Å². The number of hydrogen-bond donors (Lipinski definition) is 0. The molecule has 5 nitrogen and oxygen atoms in total. The summed E-state index contributed by atoms with van der Waals surface area (Å²) in [6, 6.07) is 76.6. The molecule has 0 saturated heterocycles. The van der Waals surface area contributed by atoms with Crippen LogP contribution in [0.4, 0.5) is 0 Å². The van der Waals surface area contributed by atoms with Gasteiger partial charge < -0.3 is 8.98 Å². The van der Waals surface area contributed by atoms with Crippen LogP contribution in [0.1, 0.15) is 29.0 Å². The zero-order valence-corrected chi connectivity index (χ0v) is 35.9. The molecule has 9 aromatic carbocycles. The van der Waals surface area contributed by atoms with E-state index in [-0.39, 0.29) is 0 Å². The first-order valence-electron chi connectivity index (χ1n) is 22.8. The van der Waals surface area contributed by atoms with Crippen LogP contribution in [0, 0.1) is 0 Å². The second-order valence-corrected chi connectivity index (χ2v) is 17.6. The minimum atomic E-state index is 0.382. The number of fused-ring (bicyclic) bond motifs is 12. The van der Waals surface area contributed by atoms with Gasteiger partial charge in [0, 0.05) is 44.1 Å². The van der Waals surface area contributed by atoms with Gasteiger partial charge in [-0.1, -0.05) is 158 Å². The van der Waals surface area contributed by atoms with E-state index in [1.54, 1.807) is 0 Å². The van der Waals surface area contributed by atoms with Crippen molar-refractivity contribution in [2.45, 2.75) is 18.8 Å². The molecule has 0 amide bonds. The molecular weight excluding hydrogens is 805 g/mol. The molecule has 1 aliphatic rings. The van der Waals surface area contributed by atoms with Crippen LogP contribution in [-0.4, -0.2) is 19.1 Å². The van der Waals surface area contributed by atoms with Crippen LogP contribution >= 0.6 is 0 Å². The van der Waals surface area contributed by atoms with E-state index in [9.17, 15) is 0 Å². The van der Waals surface area contributed by atoms with Crippen molar-refractivity contribution < 1.29 is 4.42 Å². The van der Waals surface area contributed by atoms with E-state index in [0.29, 0.717) is 17.6 Å².